The number of likely N-dealkylation sites (tertiary alicyclic amines) is 1. The third-order valence-electron chi connectivity index (χ3n) is 5.98. The second kappa shape index (κ2) is 7.75. The molecule has 1 aromatic carbocycles. The van der Waals surface area contributed by atoms with Crippen molar-refractivity contribution in [1.29, 1.82) is 0 Å². The zero-order valence-corrected chi connectivity index (χ0v) is 15.0. The van der Waals surface area contributed by atoms with E-state index in [9.17, 15) is 4.79 Å². The molecule has 0 radical (unpaired) electrons. The molecule has 0 bridgehead atoms. The smallest absolute Gasteiger partial charge is 0.317 e. The molecule has 2 aliphatic heterocycles. The fourth-order valence-corrected chi connectivity index (χ4v) is 4.52. The van der Waals surface area contributed by atoms with Crippen molar-refractivity contribution in [2.24, 2.45) is 0 Å². The second-order valence-electron chi connectivity index (χ2n) is 7.46. The molecule has 2 saturated heterocycles. The highest BCUT2D eigenvalue weighted by Crippen LogP contribution is 2.29. The Bertz CT molecular complexity index is 592. The summed E-state index contributed by atoms with van der Waals surface area (Å²) in [5, 5.41) is 3.29. The summed E-state index contributed by atoms with van der Waals surface area (Å²) in [7, 11) is 0. The third-order valence-corrected chi connectivity index (χ3v) is 5.98. The number of nitrogens with one attached hydrogen (secondary N) is 1. The van der Waals surface area contributed by atoms with Crippen LogP contribution in [-0.2, 0) is 11.2 Å². The highest BCUT2D eigenvalue weighted by Gasteiger charge is 2.29. The molecule has 136 valence electrons. The summed E-state index contributed by atoms with van der Waals surface area (Å²) in [6.07, 6.45) is 5.49. The highest BCUT2D eigenvalue weighted by atomic mass is 16.5. The van der Waals surface area contributed by atoms with Gasteiger partial charge in [0.2, 0.25) is 0 Å². The van der Waals surface area contributed by atoms with E-state index >= 15 is 0 Å². The monoisotopic (exact) mass is 343 g/mol. The maximum absolute atomic E-state index is 12.7. The minimum absolute atomic E-state index is 0.113. The standard InChI is InChI=1S/C20H29N3O2/c24-20(21-19-7-3-5-16-4-1-2-6-18(16)19)23-10-8-17(9-11-23)22-12-14-25-15-13-22/h1-2,4,6,17,19H,3,5,7-15H2,(H,21,24)/t19-/m0/s1. The number of aryl methyl sites for hydroxylation is 1. The normalized spacial score (nSPS) is 25.4. The van der Waals surface area contributed by atoms with E-state index in [0.29, 0.717) is 6.04 Å². The van der Waals surface area contributed by atoms with E-state index in [4.69, 9.17) is 4.74 Å². The molecule has 1 N–H and O–H groups in total. The fraction of sp³-hybridized carbons (Fsp3) is 0.650. The molecule has 0 unspecified atom stereocenters. The summed E-state index contributed by atoms with van der Waals surface area (Å²) < 4.78 is 5.45. The summed E-state index contributed by atoms with van der Waals surface area (Å²) >= 11 is 0. The lowest BCUT2D eigenvalue weighted by atomic mass is 9.88. The lowest BCUT2D eigenvalue weighted by Gasteiger charge is -2.40. The molecule has 1 atom stereocenters. The van der Waals surface area contributed by atoms with Crippen LogP contribution in [0.15, 0.2) is 24.3 Å². The molecule has 0 aromatic heterocycles. The van der Waals surface area contributed by atoms with Gasteiger partial charge >= 0.3 is 6.03 Å². The number of hydrogen-bond acceptors (Lipinski definition) is 3. The van der Waals surface area contributed by atoms with Gasteiger partial charge < -0.3 is 15.0 Å². The van der Waals surface area contributed by atoms with E-state index in [-0.39, 0.29) is 12.1 Å². The summed E-state index contributed by atoms with van der Waals surface area (Å²) in [5.41, 5.74) is 2.70. The van der Waals surface area contributed by atoms with Gasteiger partial charge in [0.15, 0.2) is 0 Å². The van der Waals surface area contributed by atoms with Gasteiger partial charge in [-0.05, 0) is 43.2 Å². The topological polar surface area (TPSA) is 44.8 Å². The Morgan fingerprint density at radius 1 is 1.04 bits per heavy atom. The first-order chi connectivity index (χ1) is 12.3. The number of hydrogen-bond donors (Lipinski definition) is 1. The van der Waals surface area contributed by atoms with Crippen molar-refractivity contribution in [2.45, 2.75) is 44.2 Å². The quantitative estimate of drug-likeness (QED) is 0.898. The van der Waals surface area contributed by atoms with Crippen molar-refractivity contribution in [2.75, 3.05) is 39.4 Å². The van der Waals surface area contributed by atoms with Crippen LogP contribution in [0.2, 0.25) is 0 Å². The first-order valence-corrected chi connectivity index (χ1v) is 9.76. The predicted molar refractivity (Wildman–Crippen MR) is 97.6 cm³/mol. The Morgan fingerprint density at radius 2 is 1.80 bits per heavy atom. The Morgan fingerprint density at radius 3 is 2.60 bits per heavy atom. The average molecular weight is 343 g/mol. The van der Waals surface area contributed by atoms with Crippen molar-refractivity contribution in [1.82, 2.24) is 15.1 Å². The summed E-state index contributed by atoms with van der Waals surface area (Å²) in [6, 6.07) is 9.45. The molecule has 0 spiro atoms. The number of urea groups is 1. The highest BCUT2D eigenvalue weighted by molar-refractivity contribution is 5.75. The lowest BCUT2D eigenvalue weighted by Crippen LogP contribution is -2.52. The van der Waals surface area contributed by atoms with Crippen LogP contribution >= 0.6 is 0 Å². The first-order valence-electron chi connectivity index (χ1n) is 9.76. The van der Waals surface area contributed by atoms with Gasteiger partial charge in [0, 0.05) is 32.2 Å². The molecular formula is C20H29N3O2. The number of ether oxygens (including phenoxy) is 1. The van der Waals surface area contributed by atoms with Gasteiger partial charge in [-0.15, -0.1) is 0 Å². The van der Waals surface area contributed by atoms with Crippen molar-refractivity contribution in [3.05, 3.63) is 35.4 Å². The molecule has 5 nitrogen and oxygen atoms in total. The predicted octanol–water partition coefficient (Wildman–Crippen LogP) is 2.57. The van der Waals surface area contributed by atoms with Crippen LogP contribution < -0.4 is 5.32 Å². The molecule has 1 aromatic rings. The molecule has 2 amide bonds. The Labute approximate surface area is 150 Å². The number of carbonyl (C=O) groups is 1. The number of benzene rings is 1. The maximum atomic E-state index is 12.7. The molecule has 4 rings (SSSR count). The van der Waals surface area contributed by atoms with Crippen LogP contribution in [0.25, 0.3) is 0 Å². The molecular weight excluding hydrogens is 314 g/mol. The van der Waals surface area contributed by atoms with Gasteiger partial charge in [-0.25, -0.2) is 4.79 Å². The molecule has 1 aliphatic carbocycles. The van der Waals surface area contributed by atoms with Gasteiger partial charge in [0.05, 0.1) is 19.3 Å². The minimum Gasteiger partial charge on any atom is -0.379 e. The van der Waals surface area contributed by atoms with Crippen LogP contribution in [0.3, 0.4) is 0 Å². The van der Waals surface area contributed by atoms with Crippen molar-refractivity contribution in [3.8, 4) is 0 Å². The summed E-state index contributed by atoms with van der Waals surface area (Å²) in [6.45, 7) is 5.50. The van der Waals surface area contributed by atoms with E-state index in [2.05, 4.69) is 34.5 Å². The zero-order valence-electron chi connectivity index (χ0n) is 15.0. The van der Waals surface area contributed by atoms with Crippen LogP contribution in [0.4, 0.5) is 4.79 Å². The van der Waals surface area contributed by atoms with Gasteiger partial charge in [-0.1, -0.05) is 24.3 Å². The van der Waals surface area contributed by atoms with Gasteiger partial charge in [-0.2, -0.15) is 0 Å². The molecule has 3 aliphatic rings. The second-order valence-corrected chi connectivity index (χ2v) is 7.46. The number of fused-ring (bicyclic) bond motifs is 1. The van der Waals surface area contributed by atoms with Crippen LogP contribution in [0.5, 0.6) is 0 Å². The Balaban J connectivity index is 1.31. The van der Waals surface area contributed by atoms with Gasteiger partial charge in [0.1, 0.15) is 0 Å². The van der Waals surface area contributed by atoms with Crippen molar-refractivity contribution >= 4 is 6.03 Å². The number of morpholine rings is 1. The van der Waals surface area contributed by atoms with E-state index in [1.165, 1.54) is 11.1 Å². The lowest BCUT2D eigenvalue weighted by molar-refractivity contribution is 0.00371. The van der Waals surface area contributed by atoms with Crippen molar-refractivity contribution < 1.29 is 9.53 Å². The third kappa shape index (κ3) is 3.82. The van der Waals surface area contributed by atoms with Crippen molar-refractivity contribution in [3.63, 3.8) is 0 Å². The van der Waals surface area contributed by atoms with E-state index in [1.54, 1.807) is 0 Å². The van der Waals surface area contributed by atoms with E-state index in [1.807, 2.05) is 4.90 Å². The average Bonchev–Trinajstić information content (AvgIpc) is 2.69. The number of carbonyl (C=O) groups excluding carboxylic acids is 1. The molecule has 2 fully saturated rings. The number of piperidine rings is 1. The molecule has 0 saturated carbocycles. The SMILES string of the molecule is O=C(N[C@H]1CCCc2ccccc21)N1CCC(N2CCOCC2)CC1. The summed E-state index contributed by atoms with van der Waals surface area (Å²) in [4.78, 5) is 17.3. The van der Waals surface area contributed by atoms with E-state index in [0.717, 1.165) is 71.5 Å². The van der Waals surface area contributed by atoms with Crippen LogP contribution in [0.1, 0.15) is 42.9 Å². The molecule has 25 heavy (non-hydrogen) atoms. The Kier molecular flexibility index (Phi) is 5.22. The van der Waals surface area contributed by atoms with Gasteiger partial charge in [-0.3, -0.25) is 4.90 Å². The maximum Gasteiger partial charge on any atom is 0.317 e. The number of rotatable bonds is 2. The summed E-state index contributed by atoms with van der Waals surface area (Å²) in [5.74, 6) is 0. The molecule has 5 heteroatoms. The largest absolute Gasteiger partial charge is 0.379 e. The van der Waals surface area contributed by atoms with E-state index < -0.39 is 0 Å². The van der Waals surface area contributed by atoms with Gasteiger partial charge in [0.25, 0.3) is 0 Å². The van der Waals surface area contributed by atoms with Crippen LogP contribution in [-0.4, -0.2) is 61.3 Å². The number of amides is 2. The minimum atomic E-state index is 0.113. The number of nitrogens with zero attached hydrogens (tertiary/aromatic N) is 2. The fourth-order valence-electron chi connectivity index (χ4n) is 4.52. The first kappa shape index (κ1) is 16.9. The molecule has 2 heterocycles. The van der Waals surface area contributed by atoms with Crippen LogP contribution in [0, 0.1) is 0 Å². The zero-order chi connectivity index (χ0) is 17.1. The Hall–Kier alpha value is -1.59.